The average molecular weight is 251 g/mol. The number of β-amino-alcohol motifs (C(OH)–C–C–N with tert-alkyl or cyclic N) is 1. The third kappa shape index (κ3) is 3.37. The second-order valence-corrected chi connectivity index (χ2v) is 5.85. The molecule has 0 atom stereocenters. The molecule has 0 saturated carbocycles. The highest BCUT2D eigenvalue weighted by atomic mass is 16.6. The Bertz CT molecular complexity index is 385. The summed E-state index contributed by atoms with van der Waals surface area (Å²) in [7, 11) is 0. The largest absolute Gasteiger partial charge is 0.487 e. The molecule has 18 heavy (non-hydrogen) atoms. The van der Waals surface area contributed by atoms with Crippen molar-refractivity contribution >= 4 is 0 Å². The van der Waals surface area contributed by atoms with Crippen LogP contribution in [-0.2, 0) is 0 Å². The minimum Gasteiger partial charge on any atom is -0.487 e. The summed E-state index contributed by atoms with van der Waals surface area (Å²) in [5.74, 6) is 1.37. The highest BCUT2D eigenvalue weighted by molar-refractivity contribution is 5.40. The third-order valence-corrected chi connectivity index (χ3v) is 2.79. The van der Waals surface area contributed by atoms with Crippen molar-refractivity contribution in [2.75, 3.05) is 19.8 Å². The lowest BCUT2D eigenvalue weighted by Gasteiger charge is -2.30. The van der Waals surface area contributed by atoms with Gasteiger partial charge < -0.3 is 19.9 Å². The van der Waals surface area contributed by atoms with Crippen molar-refractivity contribution in [2.24, 2.45) is 0 Å². The van der Waals surface area contributed by atoms with Crippen LogP contribution >= 0.6 is 0 Å². The van der Waals surface area contributed by atoms with Crippen LogP contribution in [0.2, 0.25) is 0 Å². The molecule has 0 saturated heterocycles. The van der Waals surface area contributed by atoms with Crippen molar-refractivity contribution in [3.63, 3.8) is 0 Å². The zero-order chi connectivity index (χ0) is 13.2. The number of aliphatic hydroxyl groups is 1. The van der Waals surface area contributed by atoms with Gasteiger partial charge in [0.05, 0.1) is 0 Å². The Morgan fingerprint density at radius 1 is 1.17 bits per heavy atom. The molecule has 0 aromatic heterocycles. The quantitative estimate of drug-likeness (QED) is 0.838. The first kappa shape index (κ1) is 13.2. The minimum atomic E-state index is -1.01. The lowest BCUT2D eigenvalue weighted by molar-refractivity contribution is -0.0303. The van der Waals surface area contributed by atoms with Crippen molar-refractivity contribution in [3.8, 4) is 11.5 Å². The van der Waals surface area contributed by atoms with Crippen LogP contribution in [-0.4, -0.2) is 36.0 Å². The maximum Gasteiger partial charge on any atom is 0.161 e. The molecule has 4 nitrogen and oxygen atoms in total. The lowest BCUT2D eigenvalue weighted by Crippen LogP contribution is -2.53. The average Bonchev–Trinajstić information content (AvgIpc) is 2.48. The monoisotopic (exact) mass is 251 g/mol. The van der Waals surface area contributed by atoms with E-state index >= 15 is 0 Å². The van der Waals surface area contributed by atoms with Crippen LogP contribution in [0.5, 0.6) is 11.5 Å². The van der Waals surface area contributed by atoms with E-state index in [9.17, 15) is 5.11 Å². The number of hydrogen-bond donors (Lipinski definition) is 2. The lowest BCUT2D eigenvalue weighted by atomic mass is 10.0. The molecule has 1 aromatic carbocycles. The Morgan fingerprint density at radius 3 is 2.11 bits per heavy atom. The zero-order valence-electron chi connectivity index (χ0n) is 11.2. The first-order chi connectivity index (χ1) is 8.38. The number of benzene rings is 1. The normalized spacial score (nSPS) is 18.2. The molecule has 100 valence electrons. The molecule has 0 fully saturated rings. The van der Waals surface area contributed by atoms with Gasteiger partial charge in [-0.25, -0.2) is 0 Å². The fourth-order valence-corrected chi connectivity index (χ4v) is 1.69. The van der Waals surface area contributed by atoms with Gasteiger partial charge in [0.25, 0.3) is 0 Å². The van der Waals surface area contributed by atoms with E-state index in [1.54, 1.807) is 0 Å². The molecule has 1 aliphatic heterocycles. The van der Waals surface area contributed by atoms with Gasteiger partial charge in [0.1, 0.15) is 18.8 Å². The molecule has 0 bridgehead atoms. The van der Waals surface area contributed by atoms with Crippen molar-refractivity contribution < 1.29 is 14.6 Å². The van der Waals surface area contributed by atoms with Crippen molar-refractivity contribution in [3.05, 3.63) is 24.3 Å². The summed E-state index contributed by atoms with van der Waals surface area (Å²) in [6.07, 6.45) is 0. The zero-order valence-corrected chi connectivity index (χ0v) is 11.2. The number of rotatable bonds is 2. The molecule has 2 rings (SSSR count). The molecule has 1 aromatic rings. The summed E-state index contributed by atoms with van der Waals surface area (Å²) in [6, 6.07) is 7.47. The molecule has 1 heterocycles. The Labute approximate surface area is 108 Å². The SMILES string of the molecule is CC(C)(C)NCC1(O)COc2ccccc2OC1. The van der Waals surface area contributed by atoms with E-state index in [4.69, 9.17) is 9.47 Å². The van der Waals surface area contributed by atoms with E-state index in [1.165, 1.54) is 0 Å². The molecule has 1 aliphatic rings. The summed E-state index contributed by atoms with van der Waals surface area (Å²) in [5, 5.41) is 13.8. The second kappa shape index (κ2) is 4.78. The molecule has 4 heteroatoms. The fourth-order valence-electron chi connectivity index (χ4n) is 1.69. The van der Waals surface area contributed by atoms with Crippen molar-refractivity contribution in [1.82, 2.24) is 5.32 Å². The van der Waals surface area contributed by atoms with Crippen LogP contribution in [0.3, 0.4) is 0 Å². The second-order valence-electron chi connectivity index (χ2n) is 5.85. The van der Waals surface area contributed by atoms with E-state index in [0.29, 0.717) is 18.0 Å². The molecule has 0 spiro atoms. The van der Waals surface area contributed by atoms with Gasteiger partial charge in [-0.1, -0.05) is 12.1 Å². The molecule has 0 unspecified atom stereocenters. The number of para-hydroxylation sites is 2. The van der Waals surface area contributed by atoms with Crippen LogP contribution < -0.4 is 14.8 Å². The summed E-state index contributed by atoms with van der Waals surface area (Å²) >= 11 is 0. The van der Waals surface area contributed by atoms with E-state index in [2.05, 4.69) is 26.1 Å². The van der Waals surface area contributed by atoms with Gasteiger partial charge >= 0.3 is 0 Å². The van der Waals surface area contributed by atoms with Gasteiger partial charge in [0.2, 0.25) is 0 Å². The first-order valence-electron chi connectivity index (χ1n) is 6.20. The number of ether oxygens (including phenoxy) is 2. The maximum absolute atomic E-state index is 10.5. The van der Waals surface area contributed by atoms with Crippen LogP contribution in [0, 0.1) is 0 Å². The fraction of sp³-hybridized carbons (Fsp3) is 0.571. The van der Waals surface area contributed by atoms with Crippen LogP contribution in [0.1, 0.15) is 20.8 Å². The summed E-state index contributed by atoms with van der Waals surface area (Å²) in [4.78, 5) is 0. The predicted octanol–water partition coefficient (Wildman–Crippen LogP) is 1.58. The summed E-state index contributed by atoms with van der Waals surface area (Å²) < 4.78 is 11.2. The van der Waals surface area contributed by atoms with E-state index in [0.717, 1.165) is 0 Å². The topological polar surface area (TPSA) is 50.7 Å². The number of nitrogens with one attached hydrogen (secondary N) is 1. The van der Waals surface area contributed by atoms with Gasteiger partial charge in [-0.05, 0) is 32.9 Å². The van der Waals surface area contributed by atoms with Crippen molar-refractivity contribution in [1.29, 1.82) is 0 Å². The molecular formula is C14H21NO3. The van der Waals surface area contributed by atoms with Gasteiger partial charge in [0.15, 0.2) is 11.5 Å². The van der Waals surface area contributed by atoms with Gasteiger partial charge in [-0.3, -0.25) is 0 Å². The van der Waals surface area contributed by atoms with E-state index < -0.39 is 5.60 Å². The number of fused-ring (bicyclic) bond motifs is 1. The highest BCUT2D eigenvalue weighted by Crippen LogP contribution is 2.30. The van der Waals surface area contributed by atoms with Gasteiger partial charge in [-0.2, -0.15) is 0 Å². The van der Waals surface area contributed by atoms with Crippen LogP contribution in [0.25, 0.3) is 0 Å². The minimum absolute atomic E-state index is 0.0467. The standard InChI is InChI=1S/C14H21NO3/c1-13(2,3)15-8-14(16)9-17-11-6-4-5-7-12(11)18-10-14/h4-7,15-16H,8-10H2,1-3H3. The third-order valence-electron chi connectivity index (χ3n) is 2.79. The maximum atomic E-state index is 10.5. The van der Waals surface area contributed by atoms with Gasteiger partial charge in [-0.15, -0.1) is 0 Å². The Morgan fingerprint density at radius 2 is 1.67 bits per heavy atom. The van der Waals surface area contributed by atoms with Crippen LogP contribution in [0.15, 0.2) is 24.3 Å². The highest BCUT2D eigenvalue weighted by Gasteiger charge is 2.33. The summed E-state index contributed by atoms with van der Waals surface area (Å²) in [5.41, 5.74) is -1.05. The first-order valence-corrected chi connectivity index (χ1v) is 6.20. The van der Waals surface area contributed by atoms with E-state index in [1.807, 2.05) is 24.3 Å². The van der Waals surface area contributed by atoms with E-state index in [-0.39, 0.29) is 18.8 Å². The molecule has 2 N–H and O–H groups in total. The predicted molar refractivity (Wildman–Crippen MR) is 70.1 cm³/mol. The molecule has 0 radical (unpaired) electrons. The number of hydrogen-bond acceptors (Lipinski definition) is 4. The summed E-state index contributed by atoms with van der Waals surface area (Å²) in [6.45, 7) is 7.07. The Balaban J connectivity index is 2.02. The van der Waals surface area contributed by atoms with Gasteiger partial charge in [0, 0.05) is 12.1 Å². The van der Waals surface area contributed by atoms with Crippen LogP contribution in [0.4, 0.5) is 0 Å². The Kier molecular flexibility index (Phi) is 3.50. The molecular weight excluding hydrogens is 230 g/mol. The van der Waals surface area contributed by atoms with Crippen molar-refractivity contribution in [2.45, 2.75) is 31.9 Å². The molecule has 0 aliphatic carbocycles. The smallest absolute Gasteiger partial charge is 0.161 e. The Hall–Kier alpha value is -1.26. The molecule has 0 amide bonds.